The molecule has 0 saturated carbocycles. The molecule has 1 heterocycles. The first-order valence-electron chi connectivity index (χ1n) is 16.8. The highest BCUT2D eigenvalue weighted by molar-refractivity contribution is 5.21. The Balaban J connectivity index is 2.15. The molecule has 1 aliphatic rings. The minimum Gasteiger partial charge on any atom is -0.386 e. The van der Waals surface area contributed by atoms with Gasteiger partial charge in [-0.05, 0) is 55.4 Å². The van der Waals surface area contributed by atoms with Gasteiger partial charge in [-0.2, -0.15) is 0 Å². The van der Waals surface area contributed by atoms with Crippen LogP contribution in [-0.2, 0) is 4.74 Å². The van der Waals surface area contributed by atoms with Gasteiger partial charge in [0.1, 0.15) is 0 Å². The number of methoxy groups -OCH3 is 1. The molecule has 8 unspecified atom stereocenters. The summed E-state index contributed by atoms with van der Waals surface area (Å²) in [7, 11) is 4.08. The summed E-state index contributed by atoms with van der Waals surface area (Å²) in [4.78, 5) is 5.03. The van der Waals surface area contributed by atoms with Crippen LogP contribution in [0.3, 0.4) is 0 Å². The summed E-state index contributed by atoms with van der Waals surface area (Å²) in [5.41, 5.74) is 4.94. The quantitative estimate of drug-likeness (QED) is 0.177. The van der Waals surface area contributed by atoms with E-state index in [1.165, 1.54) is 29.8 Å². The maximum Gasteiger partial charge on any atom is 0.0830 e. The molecule has 0 amide bonds. The second-order valence-electron chi connectivity index (χ2n) is 13.6. The second kappa shape index (κ2) is 17.2. The lowest BCUT2D eigenvalue weighted by molar-refractivity contribution is 0.00524. The zero-order valence-corrected chi connectivity index (χ0v) is 29.0. The maximum atomic E-state index is 6.26. The zero-order chi connectivity index (χ0) is 31.6. The van der Waals surface area contributed by atoms with Gasteiger partial charge in [0.25, 0.3) is 0 Å². The third-order valence-electron chi connectivity index (χ3n) is 10.3. The standard InChI is InChI=1S/C38H65N3O/c1-14-27(5)38(40(12)28(6)24-26(3)4)37(42-13)25-29(7)41-23-19-22-36(41)35(15-2)31(9)33(11)39-32(10)30(8)34-20-17-16-18-21-34/h16-18,20-21,26-27,30-32,35-39H,6-7,11,14-15,19,22-25H2,1-5,8-10,12-13H3. The van der Waals surface area contributed by atoms with E-state index in [1.54, 1.807) is 0 Å². The number of benzene rings is 1. The fraction of sp³-hybridized carbons (Fsp3) is 0.684. The van der Waals surface area contributed by atoms with E-state index in [2.05, 4.69) is 128 Å². The van der Waals surface area contributed by atoms with E-state index < -0.39 is 0 Å². The van der Waals surface area contributed by atoms with Crippen molar-refractivity contribution in [3.05, 3.63) is 72.7 Å². The molecule has 1 aliphatic heterocycles. The van der Waals surface area contributed by atoms with Crippen molar-refractivity contribution in [2.45, 2.75) is 124 Å². The number of hydrogen-bond donors (Lipinski definition) is 1. The van der Waals surface area contributed by atoms with Crippen molar-refractivity contribution in [3.8, 4) is 0 Å². The van der Waals surface area contributed by atoms with Gasteiger partial charge in [-0.1, -0.05) is 111 Å². The highest BCUT2D eigenvalue weighted by Crippen LogP contribution is 2.37. The Morgan fingerprint density at radius 3 is 2.19 bits per heavy atom. The summed E-state index contributed by atoms with van der Waals surface area (Å²) in [5.74, 6) is 2.38. The van der Waals surface area contributed by atoms with Gasteiger partial charge in [-0.25, -0.2) is 0 Å². The molecule has 1 aromatic carbocycles. The predicted molar refractivity (Wildman–Crippen MR) is 183 cm³/mol. The Morgan fingerprint density at radius 1 is 1.00 bits per heavy atom. The molecule has 0 aromatic heterocycles. The minimum absolute atomic E-state index is 0.0667. The van der Waals surface area contributed by atoms with E-state index in [9.17, 15) is 0 Å². The summed E-state index contributed by atoms with van der Waals surface area (Å²) in [6.07, 6.45) is 6.57. The Morgan fingerprint density at radius 2 is 1.64 bits per heavy atom. The minimum atomic E-state index is 0.0667. The first-order valence-corrected chi connectivity index (χ1v) is 16.8. The lowest BCUT2D eigenvalue weighted by Gasteiger charge is -2.43. The van der Waals surface area contributed by atoms with Crippen molar-refractivity contribution in [2.24, 2.45) is 23.7 Å². The summed E-state index contributed by atoms with van der Waals surface area (Å²) < 4.78 is 6.26. The van der Waals surface area contributed by atoms with Gasteiger partial charge in [0, 0.05) is 62.2 Å². The number of nitrogens with zero attached hydrogens (tertiary/aromatic N) is 2. The van der Waals surface area contributed by atoms with Gasteiger partial charge in [-0.15, -0.1) is 0 Å². The van der Waals surface area contributed by atoms with Crippen LogP contribution in [0.2, 0.25) is 0 Å². The maximum absolute atomic E-state index is 6.26. The highest BCUT2D eigenvalue weighted by Gasteiger charge is 2.38. The van der Waals surface area contributed by atoms with E-state index in [0.29, 0.717) is 41.7 Å². The molecule has 0 aliphatic carbocycles. The number of likely N-dealkylation sites (N-methyl/N-ethyl adjacent to an activating group) is 1. The topological polar surface area (TPSA) is 27.7 Å². The van der Waals surface area contributed by atoms with Gasteiger partial charge in [0.05, 0.1) is 12.1 Å². The van der Waals surface area contributed by atoms with E-state index in [4.69, 9.17) is 4.74 Å². The number of ether oxygens (including phenoxy) is 1. The molecule has 4 heteroatoms. The largest absolute Gasteiger partial charge is 0.386 e. The Bertz CT molecular complexity index is 972. The van der Waals surface area contributed by atoms with Crippen LogP contribution >= 0.6 is 0 Å². The number of allylic oxidation sites excluding steroid dienone is 2. The Kier molecular flexibility index (Phi) is 14.7. The number of nitrogens with one attached hydrogen (secondary N) is 1. The molecule has 4 nitrogen and oxygen atoms in total. The van der Waals surface area contributed by atoms with Crippen LogP contribution in [0.25, 0.3) is 0 Å². The van der Waals surface area contributed by atoms with Gasteiger partial charge in [0.15, 0.2) is 0 Å². The van der Waals surface area contributed by atoms with Crippen molar-refractivity contribution in [2.75, 3.05) is 20.7 Å². The molecule has 42 heavy (non-hydrogen) atoms. The lowest BCUT2D eigenvalue weighted by Crippen LogP contribution is -2.47. The van der Waals surface area contributed by atoms with Crippen LogP contribution < -0.4 is 5.32 Å². The molecule has 238 valence electrons. The van der Waals surface area contributed by atoms with Gasteiger partial charge in [0.2, 0.25) is 0 Å². The molecule has 1 fully saturated rings. The van der Waals surface area contributed by atoms with Gasteiger partial charge >= 0.3 is 0 Å². The molecular weight excluding hydrogens is 514 g/mol. The van der Waals surface area contributed by atoms with E-state index in [-0.39, 0.29) is 12.1 Å². The van der Waals surface area contributed by atoms with Crippen LogP contribution in [0.15, 0.2) is 67.2 Å². The SMILES string of the molecule is C=C(NC(C)C(C)c1ccccc1)C(C)C(CC)C1CCCN1C(=C)CC(OC)C(C(C)CC)N(C)C(=C)CC(C)C. The summed E-state index contributed by atoms with van der Waals surface area (Å²) in [6, 6.07) is 11.9. The zero-order valence-electron chi connectivity index (χ0n) is 29.0. The monoisotopic (exact) mass is 580 g/mol. The first-order chi connectivity index (χ1) is 19.9. The average molecular weight is 580 g/mol. The Hall–Kier alpha value is -2.20. The number of hydrogen-bond acceptors (Lipinski definition) is 4. The Labute approximate surface area is 260 Å². The third kappa shape index (κ3) is 9.40. The summed E-state index contributed by atoms with van der Waals surface area (Å²) in [6.45, 7) is 33.3. The fourth-order valence-corrected chi connectivity index (χ4v) is 7.20. The van der Waals surface area contributed by atoms with Crippen molar-refractivity contribution >= 4 is 0 Å². The van der Waals surface area contributed by atoms with Crippen LogP contribution in [0.1, 0.15) is 105 Å². The van der Waals surface area contributed by atoms with Crippen LogP contribution in [0.5, 0.6) is 0 Å². The first kappa shape index (κ1) is 36.0. The van der Waals surface area contributed by atoms with Crippen molar-refractivity contribution < 1.29 is 4.74 Å². The van der Waals surface area contributed by atoms with E-state index in [0.717, 1.165) is 37.9 Å². The molecule has 0 bridgehead atoms. The van der Waals surface area contributed by atoms with Crippen molar-refractivity contribution in [3.63, 3.8) is 0 Å². The molecule has 0 radical (unpaired) electrons. The number of likely N-dealkylation sites (tertiary alicyclic amines) is 1. The molecule has 0 spiro atoms. The predicted octanol–water partition coefficient (Wildman–Crippen LogP) is 9.23. The molecule has 8 atom stereocenters. The molecule has 1 saturated heterocycles. The third-order valence-corrected chi connectivity index (χ3v) is 10.3. The van der Waals surface area contributed by atoms with Gasteiger partial charge < -0.3 is 19.9 Å². The lowest BCUT2D eigenvalue weighted by atomic mass is 9.81. The normalized spacial score (nSPS) is 20.4. The summed E-state index contributed by atoms with van der Waals surface area (Å²) >= 11 is 0. The van der Waals surface area contributed by atoms with E-state index in [1.807, 2.05) is 7.11 Å². The van der Waals surface area contributed by atoms with Crippen LogP contribution in [0, 0.1) is 23.7 Å². The molecule has 1 aromatic rings. The van der Waals surface area contributed by atoms with Crippen LogP contribution in [-0.4, -0.2) is 54.7 Å². The second-order valence-corrected chi connectivity index (χ2v) is 13.6. The van der Waals surface area contributed by atoms with Crippen LogP contribution in [0.4, 0.5) is 0 Å². The smallest absolute Gasteiger partial charge is 0.0830 e. The summed E-state index contributed by atoms with van der Waals surface area (Å²) in [5, 5.41) is 3.80. The van der Waals surface area contributed by atoms with Crippen molar-refractivity contribution in [1.29, 1.82) is 0 Å². The average Bonchev–Trinajstić information content (AvgIpc) is 3.46. The molecule has 2 rings (SSSR count). The van der Waals surface area contributed by atoms with Crippen molar-refractivity contribution in [1.82, 2.24) is 15.1 Å². The highest BCUT2D eigenvalue weighted by atomic mass is 16.5. The molecule has 1 N–H and O–H groups in total. The van der Waals surface area contributed by atoms with E-state index >= 15 is 0 Å². The molecular formula is C38H65N3O. The number of rotatable bonds is 19. The fourth-order valence-electron chi connectivity index (χ4n) is 7.20. The van der Waals surface area contributed by atoms with Gasteiger partial charge in [-0.3, -0.25) is 0 Å².